The maximum Gasteiger partial charge on any atom is 0.336 e. The number of nitrogens with two attached hydrogens (primary N) is 1. The number of nitrogens with zero attached hydrogens (tertiary/aromatic N) is 1. The lowest BCUT2D eigenvalue weighted by atomic mass is 9.86. The van der Waals surface area contributed by atoms with Crippen LogP contribution in [-0.2, 0) is 6.61 Å². The summed E-state index contributed by atoms with van der Waals surface area (Å²) in [4.78, 5) is 35.0. The minimum Gasteiger partial charge on any atom is -0.496 e. The number of anilines is 2. The average Bonchev–Trinajstić information content (AvgIpc) is 3.68. The highest BCUT2D eigenvalue weighted by Crippen LogP contribution is 2.44. The molecule has 9 nitrogen and oxygen atoms in total. The van der Waals surface area contributed by atoms with Crippen LogP contribution in [0.25, 0.3) is 43.7 Å². The van der Waals surface area contributed by atoms with Crippen LogP contribution in [0.1, 0.15) is 31.8 Å². The second-order valence-corrected chi connectivity index (χ2v) is 11.5. The molecule has 0 atom stereocenters. The van der Waals surface area contributed by atoms with Crippen LogP contribution in [0.3, 0.4) is 0 Å². The fraction of sp³-hybridized carbons (Fsp3) is 0.0882. The molecule has 0 bridgehead atoms. The summed E-state index contributed by atoms with van der Waals surface area (Å²) < 4.78 is 11.8. The van der Waals surface area contributed by atoms with Crippen LogP contribution in [0.2, 0.25) is 0 Å². The number of aromatic nitrogens is 2. The summed E-state index contributed by atoms with van der Waals surface area (Å²) in [5.41, 5.74) is 13.0. The molecular formula is C34H26N4O5S. The Labute approximate surface area is 255 Å². The van der Waals surface area contributed by atoms with Gasteiger partial charge in [0, 0.05) is 27.3 Å². The molecule has 44 heavy (non-hydrogen) atoms. The van der Waals surface area contributed by atoms with E-state index in [1.54, 1.807) is 49.6 Å². The van der Waals surface area contributed by atoms with Gasteiger partial charge >= 0.3 is 5.97 Å². The zero-order valence-electron chi connectivity index (χ0n) is 23.7. The fourth-order valence-corrected chi connectivity index (χ4v) is 6.39. The lowest BCUT2D eigenvalue weighted by Crippen LogP contribution is -2.15. The number of aromatic carboxylic acids is 1. The smallest absolute Gasteiger partial charge is 0.336 e. The molecule has 0 saturated carbocycles. The first kappa shape index (κ1) is 27.2. The quantitative estimate of drug-likeness (QED) is 0.156. The van der Waals surface area contributed by atoms with Gasteiger partial charge in [0.15, 0.2) is 5.95 Å². The standard InChI is InChI=1S/C34H26N4O5S/c1-17-5-8-29-23(10-17)20-13-25(33(40)41)21(11-18(20)16-43-29)22-15-30(42-2)26(31-4-3-9-44-31)14-24(22)32(39)36-19-6-7-27-28(12-19)38-34(35)37-27/h3-15H,16H2,1-2H3,(H,36,39)(H,40,41)(H3,35,37,38). The minimum atomic E-state index is -1.11. The predicted molar refractivity (Wildman–Crippen MR) is 172 cm³/mol. The average molecular weight is 603 g/mol. The summed E-state index contributed by atoms with van der Waals surface area (Å²) in [7, 11) is 1.55. The molecule has 1 aliphatic rings. The molecule has 4 aromatic carbocycles. The van der Waals surface area contributed by atoms with Crippen molar-refractivity contribution in [2.24, 2.45) is 0 Å². The van der Waals surface area contributed by atoms with Gasteiger partial charge in [-0.3, -0.25) is 4.79 Å². The molecule has 0 radical (unpaired) electrons. The maximum atomic E-state index is 14.1. The molecule has 2 aromatic heterocycles. The van der Waals surface area contributed by atoms with Crippen LogP contribution in [0, 0.1) is 6.92 Å². The van der Waals surface area contributed by atoms with E-state index >= 15 is 0 Å². The number of nitrogen functional groups attached to an aromatic ring is 1. The van der Waals surface area contributed by atoms with Crippen LogP contribution >= 0.6 is 11.3 Å². The number of H-pyrrole nitrogens is 1. The molecule has 0 unspecified atom stereocenters. The van der Waals surface area contributed by atoms with Crippen molar-refractivity contribution in [3.63, 3.8) is 0 Å². The van der Waals surface area contributed by atoms with Gasteiger partial charge in [-0.1, -0.05) is 17.7 Å². The van der Waals surface area contributed by atoms with Crippen molar-refractivity contribution < 1.29 is 24.2 Å². The van der Waals surface area contributed by atoms with Crippen molar-refractivity contribution in [2.75, 3.05) is 18.2 Å². The lowest BCUT2D eigenvalue weighted by Gasteiger charge is -2.24. The number of benzene rings is 4. The number of carboxylic acid groups (broad SMARTS) is 1. The number of nitrogens with one attached hydrogen (secondary N) is 2. The lowest BCUT2D eigenvalue weighted by molar-refractivity contribution is 0.0697. The summed E-state index contributed by atoms with van der Waals surface area (Å²) in [5.74, 6) is -0.0428. The summed E-state index contributed by atoms with van der Waals surface area (Å²) in [5, 5.41) is 15.4. The monoisotopic (exact) mass is 602 g/mol. The van der Waals surface area contributed by atoms with Crippen LogP contribution in [0.5, 0.6) is 11.5 Å². The van der Waals surface area contributed by atoms with E-state index in [4.69, 9.17) is 15.2 Å². The van der Waals surface area contributed by atoms with Gasteiger partial charge in [-0.15, -0.1) is 11.3 Å². The number of carbonyl (C=O) groups is 2. The van der Waals surface area contributed by atoms with Crippen molar-refractivity contribution in [2.45, 2.75) is 13.5 Å². The topological polar surface area (TPSA) is 140 Å². The molecule has 7 rings (SSSR count). The van der Waals surface area contributed by atoms with E-state index < -0.39 is 11.9 Å². The van der Waals surface area contributed by atoms with Crippen molar-refractivity contribution in [1.82, 2.24) is 9.97 Å². The number of ether oxygens (including phenoxy) is 2. The summed E-state index contributed by atoms with van der Waals surface area (Å²) in [6, 6.07) is 21.9. The molecule has 0 fully saturated rings. The second kappa shape index (κ2) is 10.6. The number of amides is 1. The number of aryl methyl sites for hydroxylation is 1. The van der Waals surface area contributed by atoms with Crippen molar-refractivity contribution in [3.8, 4) is 44.2 Å². The zero-order valence-corrected chi connectivity index (χ0v) is 24.5. The Hall–Kier alpha value is -5.61. The first-order valence-electron chi connectivity index (χ1n) is 13.8. The number of carbonyl (C=O) groups excluding carboxylic acids is 1. The fourth-order valence-electron chi connectivity index (χ4n) is 5.64. The van der Waals surface area contributed by atoms with E-state index in [0.717, 1.165) is 32.7 Å². The molecule has 5 N–H and O–H groups in total. The highest BCUT2D eigenvalue weighted by atomic mass is 32.1. The Morgan fingerprint density at radius 1 is 0.977 bits per heavy atom. The van der Waals surface area contributed by atoms with E-state index in [1.165, 1.54) is 11.3 Å². The Morgan fingerprint density at radius 2 is 1.80 bits per heavy atom. The third-order valence-corrected chi connectivity index (χ3v) is 8.60. The Kier molecular flexibility index (Phi) is 6.55. The molecule has 218 valence electrons. The second-order valence-electron chi connectivity index (χ2n) is 10.5. The molecule has 6 aromatic rings. The molecule has 0 aliphatic carbocycles. The van der Waals surface area contributed by atoms with Gasteiger partial charge < -0.3 is 30.6 Å². The highest BCUT2D eigenvalue weighted by Gasteiger charge is 2.27. The van der Waals surface area contributed by atoms with Crippen molar-refractivity contribution in [1.29, 1.82) is 0 Å². The van der Waals surface area contributed by atoms with E-state index in [9.17, 15) is 14.7 Å². The van der Waals surface area contributed by atoms with Crippen LogP contribution in [0.15, 0.2) is 78.2 Å². The molecule has 1 aliphatic heterocycles. The van der Waals surface area contributed by atoms with Gasteiger partial charge in [0.1, 0.15) is 18.1 Å². The van der Waals surface area contributed by atoms with Gasteiger partial charge in [0.2, 0.25) is 0 Å². The number of methoxy groups -OCH3 is 1. The molecule has 3 heterocycles. The van der Waals surface area contributed by atoms with Crippen LogP contribution < -0.4 is 20.5 Å². The van der Waals surface area contributed by atoms with Gasteiger partial charge in [0.25, 0.3) is 5.91 Å². The first-order valence-corrected chi connectivity index (χ1v) is 14.6. The third-order valence-electron chi connectivity index (χ3n) is 7.70. The number of aromatic amines is 1. The van der Waals surface area contributed by atoms with Crippen molar-refractivity contribution >= 4 is 45.9 Å². The van der Waals surface area contributed by atoms with Gasteiger partial charge in [-0.05, 0) is 95.2 Å². The first-order chi connectivity index (χ1) is 21.3. The Balaban J connectivity index is 1.42. The number of hydrogen-bond donors (Lipinski definition) is 4. The number of hydrogen-bond acceptors (Lipinski definition) is 7. The molecule has 1 amide bonds. The van der Waals surface area contributed by atoms with E-state index in [-0.39, 0.29) is 23.7 Å². The molecule has 0 spiro atoms. The summed E-state index contributed by atoms with van der Waals surface area (Å²) in [6.45, 7) is 2.24. The zero-order chi connectivity index (χ0) is 30.5. The molecule has 0 saturated heterocycles. The van der Waals surface area contributed by atoms with E-state index in [2.05, 4.69) is 15.3 Å². The van der Waals surface area contributed by atoms with E-state index in [1.807, 2.05) is 42.6 Å². The van der Waals surface area contributed by atoms with Gasteiger partial charge in [0.05, 0.1) is 23.7 Å². The largest absolute Gasteiger partial charge is 0.496 e. The predicted octanol–water partition coefficient (Wildman–Crippen LogP) is 7.37. The highest BCUT2D eigenvalue weighted by molar-refractivity contribution is 7.13. The molecular weight excluding hydrogens is 576 g/mol. The Bertz CT molecular complexity index is 2120. The Morgan fingerprint density at radius 3 is 2.57 bits per heavy atom. The number of thiophene rings is 1. The third kappa shape index (κ3) is 4.71. The maximum absolute atomic E-state index is 14.1. The molecule has 10 heteroatoms. The summed E-state index contributed by atoms with van der Waals surface area (Å²) in [6.07, 6.45) is 0. The number of carboxylic acids is 1. The normalized spacial score (nSPS) is 11.9. The SMILES string of the molecule is COc1cc(-c2cc3c(cc2C(=O)O)-c2cc(C)ccc2OC3)c(C(=O)Nc2ccc3nc(N)[nH]c3c2)cc1-c1cccs1. The van der Waals surface area contributed by atoms with Crippen molar-refractivity contribution in [3.05, 3.63) is 100 Å². The number of fused-ring (bicyclic) bond motifs is 4. The van der Waals surface area contributed by atoms with Crippen LogP contribution in [0.4, 0.5) is 11.6 Å². The number of rotatable bonds is 6. The van der Waals surface area contributed by atoms with Gasteiger partial charge in [-0.25, -0.2) is 9.78 Å². The van der Waals surface area contributed by atoms with Gasteiger partial charge in [-0.2, -0.15) is 0 Å². The van der Waals surface area contributed by atoms with Crippen LogP contribution in [-0.4, -0.2) is 34.1 Å². The minimum absolute atomic E-state index is 0.0624. The summed E-state index contributed by atoms with van der Waals surface area (Å²) >= 11 is 1.51. The number of imidazole rings is 1. The van der Waals surface area contributed by atoms with E-state index in [0.29, 0.717) is 39.3 Å².